The van der Waals surface area contributed by atoms with E-state index >= 15 is 0 Å². The first kappa shape index (κ1) is 13.6. The van der Waals surface area contributed by atoms with E-state index in [9.17, 15) is 4.79 Å². The van der Waals surface area contributed by atoms with Crippen LogP contribution in [0, 0.1) is 0 Å². The number of rotatable bonds is 2. The van der Waals surface area contributed by atoms with Crippen LogP contribution in [0.3, 0.4) is 0 Å². The van der Waals surface area contributed by atoms with Crippen molar-refractivity contribution in [2.24, 2.45) is 0 Å². The van der Waals surface area contributed by atoms with E-state index in [-0.39, 0.29) is 5.91 Å². The van der Waals surface area contributed by atoms with Crippen LogP contribution in [0.5, 0.6) is 0 Å². The molecule has 0 aromatic heterocycles. The first-order chi connectivity index (χ1) is 9.83. The lowest BCUT2D eigenvalue weighted by molar-refractivity contribution is -0.134. The third-order valence-electron chi connectivity index (χ3n) is 4.13. The van der Waals surface area contributed by atoms with Crippen molar-refractivity contribution in [2.75, 3.05) is 39.4 Å². The molecule has 1 N–H and O–H groups in total. The molecule has 0 aliphatic carbocycles. The minimum atomic E-state index is 0.222. The Hall–Kier alpha value is -1.39. The lowest BCUT2D eigenvalue weighted by Crippen LogP contribution is -2.41. The molecule has 4 heteroatoms. The van der Waals surface area contributed by atoms with Crippen molar-refractivity contribution in [2.45, 2.75) is 19.3 Å². The largest absolute Gasteiger partial charge is 0.378 e. The van der Waals surface area contributed by atoms with Crippen molar-refractivity contribution >= 4 is 5.91 Å². The van der Waals surface area contributed by atoms with E-state index in [1.807, 2.05) is 4.90 Å². The van der Waals surface area contributed by atoms with Crippen LogP contribution in [-0.2, 0) is 28.8 Å². The molecule has 0 bridgehead atoms. The van der Waals surface area contributed by atoms with Crippen LogP contribution < -0.4 is 5.32 Å². The fourth-order valence-electron chi connectivity index (χ4n) is 2.94. The van der Waals surface area contributed by atoms with Crippen molar-refractivity contribution in [3.8, 4) is 0 Å². The predicted octanol–water partition coefficient (Wildman–Crippen LogP) is 0.776. The van der Waals surface area contributed by atoms with Crippen LogP contribution >= 0.6 is 0 Å². The number of carbonyl (C=O) groups excluding carboxylic acids is 1. The highest BCUT2D eigenvalue weighted by molar-refractivity contribution is 5.79. The second kappa shape index (κ2) is 6.37. The van der Waals surface area contributed by atoms with E-state index in [2.05, 4.69) is 23.5 Å². The van der Waals surface area contributed by atoms with Gasteiger partial charge in [-0.05, 0) is 42.6 Å². The number of hydrogen-bond acceptors (Lipinski definition) is 3. The monoisotopic (exact) mass is 274 g/mol. The molecule has 1 aromatic carbocycles. The van der Waals surface area contributed by atoms with E-state index in [1.54, 1.807) is 0 Å². The normalized spacial score (nSPS) is 19.3. The van der Waals surface area contributed by atoms with Gasteiger partial charge in [-0.2, -0.15) is 0 Å². The molecule has 2 aliphatic rings. The number of ether oxygens (including phenoxy) is 1. The van der Waals surface area contributed by atoms with E-state index in [0.717, 1.165) is 44.6 Å². The zero-order valence-corrected chi connectivity index (χ0v) is 11.9. The smallest absolute Gasteiger partial charge is 0.227 e. The fourth-order valence-corrected chi connectivity index (χ4v) is 2.94. The Labute approximate surface area is 120 Å². The third-order valence-corrected chi connectivity index (χ3v) is 4.13. The summed E-state index contributed by atoms with van der Waals surface area (Å²) in [4.78, 5) is 14.2. The van der Waals surface area contributed by atoms with E-state index in [4.69, 9.17) is 4.74 Å². The summed E-state index contributed by atoms with van der Waals surface area (Å²) < 4.78 is 5.29. The Morgan fingerprint density at radius 1 is 1.15 bits per heavy atom. The molecule has 3 rings (SSSR count). The topological polar surface area (TPSA) is 41.6 Å². The maximum absolute atomic E-state index is 12.3. The summed E-state index contributed by atoms with van der Waals surface area (Å²) in [5.74, 6) is 0.222. The Kier molecular flexibility index (Phi) is 4.33. The number of morpholine rings is 1. The highest BCUT2D eigenvalue weighted by Gasteiger charge is 2.17. The summed E-state index contributed by atoms with van der Waals surface area (Å²) in [6.07, 6.45) is 2.67. The Morgan fingerprint density at radius 2 is 1.90 bits per heavy atom. The molecule has 2 heterocycles. The van der Waals surface area contributed by atoms with Crippen molar-refractivity contribution in [1.82, 2.24) is 10.2 Å². The minimum Gasteiger partial charge on any atom is -0.378 e. The van der Waals surface area contributed by atoms with Gasteiger partial charge >= 0.3 is 0 Å². The number of nitrogens with one attached hydrogen (secondary N) is 1. The molecule has 1 fully saturated rings. The predicted molar refractivity (Wildman–Crippen MR) is 77.8 cm³/mol. The quantitative estimate of drug-likeness (QED) is 0.866. The van der Waals surface area contributed by atoms with Gasteiger partial charge in [0.2, 0.25) is 5.91 Å². The van der Waals surface area contributed by atoms with Crippen LogP contribution in [0.25, 0.3) is 0 Å². The van der Waals surface area contributed by atoms with Gasteiger partial charge in [0.15, 0.2) is 0 Å². The van der Waals surface area contributed by atoms with Crippen LogP contribution in [0.15, 0.2) is 18.2 Å². The second-order valence-electron chi connectivity index (χ2n) is 5.52. The lowest BCUT2D eigenvalue weighted by atomic mass is 9.98. The number of carbonyl (C=O) groups is 1. The summed E-state index contributed by atoms with van der Waals surface area (Å²) in [5.41, 5.74) is 3.97. The highest BCUT2D eigenvalue weighted by atomic mass is 16.5. The highest BCUT2D eigenvalue weighted by Crippen LogP contribution is 2.16. The average Bonchev–Trinajstić information content (AvgIpc) is 2.73. The Morgan fingerprint density at radius 3 is 2.70 bits per heavy atom. The van der Waals surface area contributed by atoms with Crippen LogP contribution in [0.4, 0.5) is 0 Å². The summed E-state index contributed by atoms with van der Waals surface area (Å²) in [6.45, 7) is 4.89. The molecule has 0 spiro atoms. The number of benzene rings is 1. The van der Waals surface area contributed by atoms with Crippen molar-refractivity contribution in [1.29, 1.82) is 0 Å². The molecule has 0 atom stereocenters. The van der Waals surface area contributed by atoms with Gasteiger partial charge in [-0.3, -0.25) is 4.79 Å². The Bertz CT molecular complexity index is 481. The summed E-state index contributed by atoms with van der Waals surface area (Å²) >= 11 is 0. The summed E-state index contributed by atoms with van der Waals surface area (Å²) in [7, 11) is 0. The maximum Gasteiger partial charge on any atom is 0.227 e. The molecule has 2 aliphatic heterocycles. The fraction of sp³-hybridized carbons (Fsp3) is 0.562. The van der Waals surface area contributed by atoms with Crippen LogP contribution in [0.2, 0.25) is 0 Å². The molecule has 1 amide bonds. The van der Waals surface area contributed by atoms with Crippen LogP contribution in [0.1, 0.15) is 16.7 Å². The van der Waals surface area contributed by atoms with Crippen molar-refractivity contribution < 1.29 is 9.53 Å². The van der Waals surface area contributed by atoms with Crippen LogP contribution in [-0.4, -0.2) is 50.2 Å². The van der Waals surface area contributed by atoms with E-state index in [1.165, 1.54) is 11.1 Å². The van der Waals surface area contributed by atoms with Gasteiger partial charge in [-0.25, -0.2) is 0 Å². The van der Waals surface area contributed by atoms with E-state index < -0.39 is 0 Å². The molecular weight excluding hydrogens is 252 g/mol. The minimum absolute atomic E-state index is 0.222. The van der Waals surface area contributed by atoms with Gasteiger partial charge in [-0.1, -0.05) is 18.2 Å². The SMILES string of the molecule is O=C(Cc1ccc2c(c1)CCNCC2)N1CCOCC1. The Balaban J connectivity index is 1.68. The first-order valence-electron chi connectivity index (χ1n) is 7.50. The number of fused-ring (bicyclic) bond motifs is 1. The van der Waals surface area contributed by atoms with Gasteiger partial charge in [0.1, 0.15) is 0 Å². The zero-order valence-electron chi connectivity index (χ0n) is 11.9. The molecule has 4 nitrogen and oxygen atoms in total. The zero-order chi connectivity index (χ0) is 13.8. The molecule has 20 heavy (non-hydrogen) atoms. The van der Waals surface area contributed by atoms with Gasteiger partial charge in [0.05, 0.1) is 19.6 Å². The molecule has 108 valence electrons. The van der Waals surface area contributed by atoms with Gasteiger partial charge in [0.25, 0.3) is 0 Å². The maximum atomic E-state index is 12.3. The molecule has 0 radical (unpaired) electrons. The number of nitrogens with zero attached hydrogens (tertiary/aromatic N) is 1. The van der Waals surface area contributed by atoms with Crippen molar-refractivity contribution in [3.63, 3.8) is 0 Å². The van der Waals surface area contributed by atoms with E-state index in [0.29, 0.717) is 19.6 Å². The average molecular weight is 274 g/mol. The molecule has 1 saturated heterocycles. The lowest BCUT2D eigenvalue weighted by Gasteiger charge is -2.27. The van der Waals surface area contributed by atoms with Gasteiger partial charge in [-0.15, -0.1) is 0 Å². The van der Waals surface area contributed by atoms with Gasteiger partial charge < -0.3 is 15.0 Å². The second-order valence-corrected chi connectivity index (χ2v) is 5.52. The first-order valence-corrected chi connectivity index (χ1v) is 7.50. The molecule has 1 aromatic rings. The molecular formula is C16H22N2O2. The van der Waals surface area contributed by atoms with Crippen molar-refractivity contribution in [3.05, 3.63) is 34.9 Å². The standard InChI is InChI=1S/C16H22N2O2/c19-16(18-7-9-20-10-8-18)12-13-1-2-14-3-5-17-6-4-15(14)11-13/h1-2,11,17H,3-10,12H2. The molecule has 0 unspecified atom stereocenters. The summed E-state index contributed by atoms with van der Waals surface area (Å²) in [6, 6.07) is 6.54. The number of hydrogen-bond donors (Lipinski definition) is 1. The number of amides is 1. The molecule has 0 saturated carbocycles. The van der Waals surface area contributed by atoms with Gasteiger partial charge in [0, 0.05) is 13.1 Å². The summed E-state index contributed by atoms with van der Waals surface area (Å²) in [5, 5.41) is 3.42. The third kappa shape index (κ3) is 3.19.